The molecule has 16 rings (SSSR count). The van der Waals surface area contributed by atoms with Crippen molar-refractivity contribution in [1.29, 1.82) is 0 Å². The molecule has 0 N–H and O–H groups in total. The maximum Gasteiger partial charge on any atom is 0.252 e. The van der Waals surface area contributed by atoms with Gasteiger partial charge in [-0.1, -0.05) is 216 Å². The molecular formula is C79H80BN3Si. The number of rotatable bonds is 4. The Kier molecular flexibility index (Phi) is 10.3. The highest BCUT2D eigenvalue weighted by Gasteiger charge is 2.57. The fourth-order valence-corrected chi connectivity index (χ4v) is 22.0. The molecule has 0 saturated heterocycles. The van der Waals surface area contributed by atoms with Crippen LogP contribution < -0.4 is 37.1 Å². The van der Waals surface area contributed by atoms with Gasteiger partial charge in [-0.05, 0) is 175 Å². The van der Waals surface area contributed by atoms with Crippen LogP contribution >= 0.6 is 0 Å². The number of fused-ring (bicyclic) bond motifs is 18. The lowest BCUT2D eigenvalue weighted by Crippen LogP contribution is -2.77. The highest BCUT2D eigenvalue weighted by Crippen LogP contribution is 2.49. The van der Waals surface area contributed by atoms with E-state index >= 15 is 0 Å². The summed E-state index contributed by atoms with van der Waals surface area (Å²) in [5.41, 5.74) is 28.6. The molecule has 5 heteroatoms. The Bertz CT molecular complexity index is 4900. The zero-order valence-electron chi connectivity index (χ0n) is 52.9. The Morgan fingerprint density at radius 2 is 0.952 bits per heavy atom. The van der Waals surface area contributed by atoms with Gasteiger partial charge in [0.2, 0.25) is 0 Å². The zero-order valence-corrected chi connectivity index (χ0v) is 53.9. The van der Waals surface area contributed by atoms with Crippen LogP contribution in [-0.4, -0.2) is 28.5 Å². The van der Waals surface area contributed by atoms with E-state index in [9.17, 15) is 0 Å². The predicted octanol–water partition coefficient (Wildman–Crippen LogP) is 16.4. The van der Waals surface area contributed by atoms with Crippen LogP contribution in [0.5, 0.6) is 0 Å². The first-order valence-electron chi connectivity index (χ1n) is 31.5. The van der Waals surface area contributed by atoms with Crippen molar-refractivity contribution in [3.8, 4) is 28.2 Å². The SMILES string of the molecule is CC(C)c1ccc(-n2c3cc(C(C)C)ccc3c3c4c5c(C(C)C)cccc5n5c4c(cc32)B2c3c-5ccc4c3-n3c5c2cc(C(C)(C)C)cc5c2cc(C(C)(C)C)cc(c23)[Si]42c3cc(C(C)(C)C)ccc3-c3ccc(C(C)(C)C)cc32)cc1. The van der Waals surface area contributed by atoms with E-state index in [2.05, 4.69) is 278 Å². The summed E-state index contributed by atoms with van der Waals surface area (Å²) in [5, 5.41) is 14.5. The minimum atomic E-state index is -3.22. The Labute approximate surface area is 498 Å². The van der Waals surface area contributed by atoms with Crippen molar-refractivity contribution in [3.05, 3.63) is 178 Å². The molecule has 0 unspecified atom stereocenters. The molecule has 0 saturated carbocycles. The van der Waals surface area contributed by atoms with Crippen LogP contribution in [0.25, 0.3) is 93.6 Å². The molecule has 0 bridgehead atoms. The van der Waals surface area contributed by atoms with Crippen molar-refractivity contribution in [3.63, 3.8) is 0 Å². The fraction of sp³-hybridized carbons (Fsp3) is 0.316. The van der Waals surface area contributed by atoms with E-state index in [4.69, 9.17) is 0 Å². The molecule has 4 aliphatic heterocycles. The molecule has 3 aromatic heterocycles. The molecule has 4 aliphatic rings. The minimum Gasteiger partial charge on any atom is -0.310 e. The Morgan fingerprint density at radius 3 is 1.55 bits per heavy atom. The first-order valence-corrected chi connectivity index (χ1v) is 33.5. The lowest BCUT2D eigenvalue weighted by atomic mass is 9.34. The van der Waals surface area contributed by atoms with Crippen molar-refractivity contribution in [2.24, 2.45) is 0 Å². The summed E-state index contributed by atoms with van der Waals surface area (Å²) in [6.07, 6.45) is 0. The van der Waals surface area contributed by atoms with E-state index in [1.807, 2.05) is 0 Å². The smallest absolute Gasteiger partial charge is 0.252 e. The number of hydrogen-bond donors (Lipinski definition) is 0. The van der Waals surface area contributed by atoms with Gasteiger partial charge in [0.25, 0.3) is 6.71 Å². The van der Waals surface area contributed by atoms with Crippen LogP contribution in [0.3, 0.4) is 0 Å². The van der Waals surface area contributed by atoms with E-state index < -0.39 is 8.07 Å². The molecule has 84 heavy (non-hydrogen) atoms. The van der Waals surface area contributed by atoms with Crippen LogP contribution in [0.15, 0.2) is 140 Å². The molecule has 0 fully saturated rings. The van der Waals surface area contributed by atoms with Crippen molar-refractivity contribution < 1.29 is 0 Å². The quantitative estimate of drug-likeness (QED) is 0.156. The third-order valence-electron chi connectivity index (χ3n) is 20.9. The molecule has 0 aliphatic carbocycles. The molecular weight excluding hydrogens is 1030 g/mol. The van der Waals surface area contributed by atoms with Crippen LogP contribution in [0.4, 0.5) is 0 Å². The van der Waals surface area contributed by atoms with Crippen molar-refractivity contribution in [2.45, 2.75) is 164 Å². The van der Waals surface area contributed by atoms with Crippen molar-refractivity contribution >= 4 is 117 Å². The van der Waals surface area contributed by atoms with Crippen LogP contribution in [0.1, 0.15) is 181 Å². The summed E-state index contributed by atoms with van der Waals surface area (Å²) in [5.74, 6) is 1.13. The second-order valence-corrected chi connectivity index (χ2v) is 34.8. The standard InChI is InChI=1S/C79H80BN3Si/c1-42(2)45-22-27-51(28-23-45)81-62-34-46(43(3)4)24-29-55(62)69-63(81)41-59-74-70(69)68-52(44(5)6)20-19-21-60(68)82(74)61-32-33-64-75-71(61)80(59)58-37-49(78(13,14)15)35-56-57-36-50(79(16,17)18)40-67(73(57)83(75)72(56)58)84(64)65-38-47(76(7,8)9)25-30-53(65)54-31-26-48(39-66(54)84)77(10,11)12/h19-44H,1-18H3. The van der Waals surface area contributed by atoms with E-state index in [1.165, 1.54) is 154 Å². The molecule has 3 nitrogen and oxygen atoms in total. The second kappa shape index (κ2) is 16.5. The van der Waals surface area contributed by atoms with E-state index in [0.29, 0.717) is 17.8 Å². The van der Waals surface area contributed by atoms with Gasteiger partial charge in [0.15, 0.2) is 8.07 Å². The first-order chi connectivity index (χ1) is 39.7. The average Bonchev–Trinajstić information content (AvgIpc) is 1.43. The average molecular weight is 1110 g/mol. The van der Waals surface area contributed by atoms with Gasteiger partial charge in [-0.3, -0.25) is 0 Å². The predicted molar refractivity (Wildman–Crippen MR) is 367 cm³/mol. The molecule has 0 atom stereocenters. The molecule has 9 aromatic carbocycles. The van der Waals surface area contributed by atoms with Crippen LogP contribution in [-0.2, 0) is 21.7 Å². The normalized spacial score (nSPS) is 14.9. The molecule has 0 radical (unpaired) electrons. The molecule has 418 valence electrons. The monoisotopic (exact) mass is 1110 g/mol. The largest absolute Gasteiger partial charge is 0.310 e. The van der Waals surface area contributed by atoms with Gasteiger partial charge in [-0.2, -0.15) is 0 Å². The van der Waals surface area contributed by atoms with Crippen LogP contribution in [0, 0.1) is 0 Å². The summed E-state index contributed by atoms with van der Waals surface area (Å²) in [4.78, 5) is 0. The minimum absolute atomic E-state index is 0.0460. The topological polar surface area (TPSA) is 14.8 Å². The molecule has 0 amide bonds. The summed E-state index contributed by atoms with van der Waals surface area (Å²) < 4.78 is 8.29. The highest BCUT2D eigenvalue weighted by atomic mass is 28.3. The Morgan fingerprint density at radius 1 is 0.381 bits per heavy atom. The van der Waals surface area contributed by atoms with Crippen molar-refractivity contribution in [1.82, 2.24) is 13.7 Å². The summed E-state index contributed by atoms with van der Waals surface area (Å²) >= 11 is 0. The third kappa shape index (κ3) is 6.55. The van der Waals surface area contributed by atoms with Crippen molar-refractivity contribution in [2.75, 3.05) is 0 Å². The summed E-state index contributed by atoms with van der Waals surface area (Å²) in [6, 6.07) is 58.3. The van der Waals surface area contributed by atoms with E-state index in [-0.39, 0.29) is 28.4 Å². The van der Waals surface area contributed by atoms with E-state index in [1.54, 1.807) is 15.6 Å². The third-order valence-corrected chi connectivity index (χ3v) is 25.8. The maximum absolute atomic E-state index is 3.22. The van der Waals surface area contributed by atoms with Gasteiger partial charge in [-0.25, -0.2) is 0 Å². The molecule has 7 heterocycles. The Balaban J connectivity index is 1.17. The van der Waals surface area contributed by atoms with Gasteiger partial charge in [0, 0.05) is 54.9 Å². The van der Waals surface area contributed by atoms with Crippen LogP contribution in [0.2, 0.25) is 0 Å². The van der Waals surface area contributed by atoms with Gasteiger partial charge in [0.1, 0.15) is 0 Å². The maximum atomic E-state index is 2.86. The Hall–Kier alpha value is -7.34. The lowest BCUT2D eigenvalue weighted by Gasteiger charge is -2.43. The zero-order chi connectivity index (χ0) is 58.7. The number of hydrogen-bond acceptors (Lipinski definition) is 0. The van der Waals surface area contributed by atoms with E-state index in [0.717, 1.165) is 0 Å². The molecule has 12 aromatic rings. The fourth-order valence-electron chi connectivity index (χ4n) is 16.4. The number of benzene rings is 9. The van der Waals surface area contributed by atoms with Gasteiger partial charge >= 0.3 is 0 Å². The first kappa shape index (κ1) is 52.2. The summed E-state index contributed by atoms with van der Waals surface area (Å²) in [6.45, 7) is 43.1. The molecule has 1 spiro atoms. The number of aromatic nitrogens is 3. The number of nitrogens with zero attached hydrogens (tertiary/aromatic N) is 3. The van der Waals surface area contributed by atoms with Gasteiger partial charge < -0.3 is 13.7 Å². The lowest BCUT2D eigenvalue weighted by molar-refractivity contribution is 0.590. The van der Waals surface area contributed by atoms with Gasteiger partial charge in [0.05, 0.1) is 27.6 Å². The summed E-state index contributed by atoms with van der Waals surface area (Å²) in [7, 11) is -3.22. The van der Waals surface area contributed by atoms with Gasteiger partial charge in [-0.15, -0.1) is 0 Å². The highest BCUT2D eigenvalue weighted by molar-refractivity contribution is 7.24. The second-order valence-electron chi connectivity index (χ2n) is 31.1.